The van der Waals surface area contributed by atoms with Crippen LogP contribution in [0.15, 0.2) is 35.1 Å². The number of H-pyrrole nitrogens is 1. The van der Waals surface area contributed by atoms with Crippen molar-refractivity contribution in [2.75, 3.05) is 7.11 Å². The predicted octanol–water partition coefficient (Wildman–Crippen LogP) is 1.88. The SMILES string of the molecule is COC(=O)c1n[nH]c(-c2cccc(Cl)c2)cc1=O. The zero-order valence-corrected chi connectivity index (χ0v) is 10.2. The molecule has 1 N–H and O–H groups in total. The Balaban J connectivity index is 2.47. The number of nitrogens with zero attached hydrogens (tertiary/aromatic N) is 1. The van der Waals surface area contributed by atoms with Crippen molar-refractivity contribution in [3.63, 3.8) is 0 Å². The minimum atomic E-state index is -0.770. The summed E-state index contributed by atoms with van der Waals surface area (Å²) in [6.45, 7) is 0. The Hall–Kier alpha value is -2.14. The fraction of sp³-hybridized carbons (Fsp3) is 0.0833. The molecule has 0 radical (unpaired) electrons. The number of aromatic nitrogens is 2. The van der Waals surface area contributed by atoms with Crippen molar-refractivity contribution in [2.45, 2.75) is 0 Å². The monoisotopic (exact) mass is 264 g/mol. The van der Waals surface area contributed by atoms with E-state index in [-0.39, 0.29) is 5.69 Å². The van der Waals surface area contributed by atoms with Gasteiger partial charge in [0.2, 0.25) is 11.1 Å². The molecule has 0 amide bonds. The quantitative estimate of drug-likeness (QED) is 0.841. The molecule has 2 aromatic rings. The number of hydrogen-bond donors (Lipinski definition) is 1. The minimum absolute atomic E-state index is 0.275. The van der Waals surface area contributed by atoms with Crippen LogP contribution in [0.4, 0.5) is 0 Å². The number of rotatable bonds is 2. The molecule has 92 valence electrons. The lowest BCUT2D eigenvalue weighted by molar-refractivity contribution is 0.0591. The van der Waals surface area contributed by atoms with Gasteiger partial charge in [-0.05, 0) is 12.1 Å². The average Bonchev–Trinajstić information content (AvgIpc) is 2.37. The van der Waals surface area contributed by atoms with Gasteiger partial charge in [0.05, 0.1) is 12.8 Å². The molecule has 5 nitrogen and oxygen atoms in total. The summed E-state index contributed by atoms with van der Waals surface area (Å²) in [5.41, 5.74) is 0.414. The van der Waals surface area contributed by atoms with Crippen molar-refractivity contribution in [1.29, 1.82) is 0 Å². The van der Waals surface area contributed by atoms with Crippen molar-refractivity contribution < 1.29 is 9.53 Å². The van der Waals surface area contributed by atoms with Gasteiger partial charge in [-0.2, -0.15) is 5.10 Å². The van der Waals surface area contributed by atoms with E-state index < -0.39 is 11.4 Å². The molecule has 0 aliphatic rings. The van der Waals surface area contributed by atoms with Gasteiger partial charge in [-0.3, -0.25) is 9.89 Å². The molecule has 0 aliphatic carbocycles. The number of methoxy groups -OCH3 is 1. The molecular formula is C12H9ClN2O3. The predicted molar refractivity (Wildman–Crippen MR) is 66.6 cm³/mol. The normalized spacial score (nSPS) is 10.1. The second-order valence-electron chi connectivity index (χ2n) is 3.50. The second-order valence-corrected chi connectivity index (χ2v) is 3.93. The summed E-state index contributed by atoms with van der Waals surface area (Å²) in [4.78, 5) is 22.9. The zero-order valence-electron chi connectivity index (χ0n) is 9.44. The van der Waals surface area contributed by atoms with Crippen LogP contribution in [0.2, 0.25) is 5.02 Å². The molecule has 18 heavy (non-hydrogen) atoms. The third kappa shape index (κ3) is 2.41. The van der Waals surface area contributed by atoms with Gasteiger partial charge in [0, 0.05) is 16.7 Å². The van der Waals surface area contributed by atoms with Crippen LogP contribution < -0.4 is 5.43 Å². The summed E-state index contributed by atoms with van der Waals surface area (Å²) < 4.78 is 4.44. The number of esters is 1. The van der Waals surface area contributed by atoms with Crippen LogP contribution in [-0.4, -0.2) is 23.3 Å². The first-order valence-electron chi connectivity index (χ1n) is 5.06. The summed E-state index contributed by atoms with van der Waals surface area (Å²) in [5, 5.41) is 6.87. The number of carbonyl (C=O) groups excluding carboxylic acids is 1. The first kappa shape index (κ1) is 12.3. The fourth-order valence-corrected chi connectivity index (χ4v) is 1.64. The maximum absolute atomic E-state index is 11.7. The maximum Gasteiger partial charge on any atom is 0.362 e. The van der Waals surface area contributed by atoms with Crippen LogP contribution in [0.5, 0.6) is 0 Å². The topological polar surface area (TPSA) is 72.0 Å². The summed E-state index contributed by atoms with van der Waals surface area (Å²) in [6.07, 6.45) is 0. The molecule has 0 fully saturated rings. The molecule has 0 saturated heterocycles. The van der Waals surface area contributed by atoms with E-state index in [1.54, 1.807) is 24.3 Å². The lowest BCUT2D eigenvalue weighted by Crippen LogP contribution is -2.19. The zero-order chi connectivity index (χ0) is 13.1. The Kier molecular flexibility index (Phi) is 3.43. The third-order valence-electron chi connectivity index (χ3n) is 2.31. The van der Waals surface area contributed by atoms with E-state index in [0.29, 0.717) is 16.3 Å². The molecule has 0 unspecified atom stereocenters. The largest absolute Gasteiger partial charge is 0.464 e. The second kappa shape index (κ2) is 5.01. The highest BCUT2D eigenvalue weighted by Gasteiger charge is 2.13. The summed E-state index contributed by atoms with van der Waals surface area (Å²) in [6, 6.07) is 8.22. The van der Waals surface area contributed by atoms with Crippen LogP contribution in [0.25, 0.3) is 11.3 Å². The van der Waals surface area contributed by atoms with Crippen molar-refractivity contribution in [3.8, 4) is 11.3 Å². The summed E-state index contributed by atoms with van der Waals surface area (Å²) >= 11 is 5.85. The molecule has 0 atom stereocenters. The summed E-state index contributed by atoms with van der Waals surface area (Å²) in [5.74, 6) is -0.770. The molecule has 1 aromatic carbocycles. The van der Waals surface area contributed by atoms with E-state index in [4.69, 9.17) is 11.6 Å². The van der Waals surface area contributed by atoms with E-state index in [1.807, 2.05) is 0 Å². The van der Waals surface area contributed by atoms with E-state index in [0.717, 1.165) is 0 Å². The van der Waals surface area contributed by atoms with Gasteiger partial charge in [-0.15, -0.1) is 0 Å². The minimum Gasteiger partial charge on any atom is -0.464 e. The number of carbonyl (C=O) groups is 1. The van der Waals surface area contributed by atoms with Crippen molar-refractivity contribution in [1.82, 2.24) is 10.2 Å². The van der Waals surface area contributed by atoms with E-state index in [1.165, 1.54) is 13.2 Å². The van der Waals surface area contributed by atoms with E-state index >= 15 is 0 Å². The first-order valence-corrected chi connectivity index (χ1v) is 5.43. The van der Waals surface area contributed by atoms with Crippen LogP contribution >= 0.6 is 11.6 Å². The standard InChI is InChI=1S/C12H9ClN2O3/c1-18-12(17)11-10(16)6-9(14-15-11)7-3-2-4-8(13)5-7/h2-6H,1H3,(H,14,16). The van der Waals surface area contributed by atoms with Gasteiger partial charge >= 0.3 is 5.97 Å². The van der Waals surface area contributed by atoms with Crippen molar-refractivity contribution in [3.05, 3.63) is 51.3 Å². The lowest BCUT2D eigenvalue weighted by atomic mass is 10.1. The van der Waals surface area contributed by atoms with Gasteiger partial charge in [0.25, 0.3) is 0 Å². The first-order chi connectivity index (χ1) is 8.61. The van der Waals surface area contributed by atoms with Crippen LogP contribution in [0.1, 0.15) is 10.5 Å². The number of hydrogen-bond acceptors (Lipinski definition) is 4. The van der Waals surface area contributed by atoms with Gasteiger partial charge in [-0.1, -0.05) is 23.7 Å². The summed E-state index contributed by atoms with van der Waals surface area (Å²) in [7, 11) is 1.19. The number of nitrogens with one attached hydrogen (secondary N) is 1. The molecule has 0 spiro atoms. The molecule has 0 saturated carbocycles. The number of aromatic amines is 1. The molecule has 1 aromatic heterocycles. The highest BCUT2D eigenvalue weighted by atomic mass is 35.5. The Morgan fingerprint density at radius 2 is 2.17 bits per heavy atom. The molecule has 1 heterocycles. The molecular weight excluding hydrogens is 256 g/mol. The average molecular weight is 265 g/mol. The Morgan fingerprint density at radius 3 is 2.78 bits per heavy atom. The van der Waals surface area contributed by atoms with Gasteiger partial charge in [-0.25, -0.2) is 4.79 Å². The number of halogens is 1. The number of benzene rings is 1. The highest BCUT2D eigenvalue weighted by molar-refractivity contribution is 6.30. The van der Waals surface area contributed by atoms with Crippen LogP contribution in [0, 0.1) is 0 Å². The molecule has 0 bridgehead atoms. The van der Waals surface area contributed by atoms with E-state index in [2.05, 4.69) is 14.9 Å². The fourth-order valence-electron chi connectivity index (χ4n) is 1.45. The molecule has 0 aliphatic heterocycles. The smallest absolute Gasteiger partial charge is 0.362 e. The highest BCUT2D eigenvalue weighted by Crippen LogP contribution is 2.19. The Bertz CT molecular complexity index is 652. The van der Waals surface area contributed by atoms with Crippen LogP contribution in [-0.2, 0) is 4.74 Å². The number of ether oxygens (including phenoxy) is 1. The lowest BCUT2D eigenvalue weighted by Gasteiger charge is -2.02. The van der Waals surface area contributed by atoms with Gasteiger partial charge < -0.3 is 4.74 Å². The van der Waals surface area contributed by atoms with Crippen LogP contribution in [0.3, 0.4) is 0 Å². The van der Waals surface area contributed by atoms with Gasteiger partial charge in [0.1, 0.15) is 0 Å². The Morgan fingerprint density at radius 1 is 1.39 bits per heavy atom. The van der Waals surface area contributed by atoms with E-state index in [9.17, 15) is 9.59 Å². The molecule has 6 heteroatoms. The van der Waals surface area contributed by atoms with Gasteiger partial charge in [0.15, 0.2) is 0 Å². The third-order valence-corrected chi connectivity index (χ3v) is 2.55. The Labute approximate surface area is 107 Å². The van der Waals surface area contributed by atoms with Crippen molar-refractivity contribution >= 4 is 17.6 Å². The maximum atomic E-state index is 11.7. The van der Waals surface area contributed by atoms with Crippen molar-refractivity contribution in [2.24, 2.45) is 0 Å². The molecule has 2 rings (SSSR count).